The molecule has 0 aliphatic heterocycles. The van der Waals surface area contributed by atoms with E-state index in [1.165, 1.54) is 5.56 Å². The van der Waals surface area contributed by atoms with Gasteiger partial charge < -0.3 is 5.32 Å². The van der Waals surface area contributed by atoms with Gasteiger partial charge in [0.25, 0.3) is 0 Å². The van der Waals surface area contributed by atoms with Gasteiger partial charge in [0, 0.05) is 17.9 Å². The van der Waals surface area contributed by atoms with Crippen molar-refractivity contribution in [2.45, 2.75) is 45.6 Å². The summed E-state index contributed by atoms with van der Waals surface area (Å²) in [5.74, 6) is 0. The molecule has 0 spiro atoms. The SMILES string of the molecule is CNC(C)CC(C)(C)c1ccc(C)nc1. The molecule has 2 heteroatoms. The van der Waals surface area contributed by atoms with Gasteiger partial charge in [0.1, 0.15) is 0 Å². The van der Waals surface area contributed by atoms with Gasteiger partial charge in [-0.25, -0.2) is 0 Å². The third kappa shape index (κ3) is 3.31. The molecule has 1 atom stereocenters. The molecule has 0 bridgehead atoms. The topological polar surface area (TPSA) is 24.9 Å². The molecule has 0 aliphatic carbocycles. The Labute approximate surface area is 93.1 Å². The van der Waals surface area contributed by atoms with E-state index in [4.69, 9.17) is 0 Å². The Hall–Kier alpha value is -0.890. The Morgan fingerprint density at radius 3 is 2.53 bits per heavy atom. The van der Waals surface area contributed by atoms with Crippen molar-refractivity contribution in [1.29, 1.82) is 0 Å². The molecule has 1 rings (SSSR count). The molecule has 1 N–H and O–H groups in total. The van der Waals surface area contributed by atoms with Crippen molar-refractivity contribution in [3.63, 3.8) is 0 Å². The van der Waals surface area contributed by atoms with Gasteiger partial charge in [0.05, 0.1) is 0 Å². The number of rotatable bonds is 4. The molecule has 1 heterocycles. The van der Waals surface area contributed by atoms with Crippen LogP contribution in [-0.2, 0) is 5.41 Å². The van der Waals surface area contributed by atoms with E-state index in [0.717, 1.165) is 12.1 Å². The maximum atomic E-state index is 4.36. The Bertz CT molecular complexity index is 301. The van der Waals surface area contributed by atoms with Crippen LogP contribution in [0.5, 0.6) is 0 Å². The summed E-state index contributed by atoms with van der Waals surface area (Å²) < 4.78 is 0. The molecule has 0 aromatic carbocycles. The predicted molar refractivity (Wildman–Crippen MR) is 65.1 cm³/mol. The summed E-state index contributed by atoms with van der Waals surface area (Å²) in [7, 11) is 2.01. The first kappa shape index (κ1) is 12.2. The minimum Gasteiger partial charge on any atom is -0.317 e. The van der Waals surface area contributed by atoms with Crippen molar-refractivity contribution in [3.8, 4) is 0 Å². The molecule has 2 nitrogen and oxygen atoms in total. The molecule has 0 saturated heterocycles. The third-order valence-corrected chi connectivity index (χ3v) is 3.00. The number of nitrogens with one attached hydrogen (secondary N) is 1. The fraction of sp³-hybridized carbons (Fsp3) is 0.615. The van der Waals surface area contributed by atoms with Gasteiger partial charge in [-0.05, 0) is 44.4 Å². The lowest BCUT2D eigenvalue weighted by atomic mass is 9.80. The van der Waals surface area contributed by atoms with Crippen LogP contribution in [0.4, 0.5) is 0 Å². The molecular weight excluding hydrogens is 184 g/mol. The van der Waals surface area contributed by atoms with Crippen molar-refractivity contribution in [3.05, 3.63) is 29.6 Å². The van der Waals surface area contributed by atoms with Crippen molar-refractivity contribution in [2.24, 2.45) is 0 Å². The van der Waals surface area contributed by atoms with Gasteiger partial charge >= 0.3 is 0 Å². The van der Waals surface area contributed by atoms with Gasteiger partial charge in [0.2, 0.25) is 0 Å². The van der Waals surface area contributed by atoms with Gasteiger partial charge in [-0.1, -0.05) is 19.9 Å². The van der Waals surface area contributed by atoms with Crippen molar-refractivity contribution < 1.29 is 0 Å². The van der Waals surface area contributed by atoms with Crippen molar-refractivity contribution >= 4 is 0 Å². The van der Waals surface area contributed by atoms with E-state index in [-0.39, 0.29) is 5.41 Å². The molecule has 0 amide bonds. The molecule has 84 valence electrons. The molecule has 0 saturated carbocycles. The van der Waals surface area contributed by atoms with Gasteiger partial charge in [-0.2, -0.15) is 0 Å². The molecular formula is C13H22N2. The molecule has 1 unspecified atom stereocenters. The summed E-state index contributed by atoms with van der Waals surface area (Å²) in [6.07, 6.45) is 3.12. The third-order valence-electron chi connectivity index (χ3n) is 3.00. The Morgan fingerprint density at radius 1 is 1.40 bits per heavy atom. The highest BCUT2D eigenvalue weighted by molar-refractivity contribution is 5.22. The highest BCUT2D eigenvalue weighted by Crippen LogP contribution is 2.27. The normalized spacial score (nSPS) is 13.9. The minimum absolute atomic E-state index is 0.184. The van der Waals surface area contributed by atoms with Crippen LogP contribution >= 0.6 is 0 Å². The molecule has 0 aliphatic rings. The van der Waals surface area contributed by atoms with E-state index in [2.05, 4.69) is 43.2 Å². The molecule has 1 aromatic rings. The summed E-state index contributed by atoms with van der Waals surface area (Å²) in [6.45, 7) is 8.77. The minimum atomic E-state index is 0.184. The van der Waals surface area contributed by atoms with Gasteiger partial charge in [-0.3, -0.25) is 4.98 Å². The van der Waals surface area contributed by atoms with Crippen LogP contribution in [0, 0.1) is 6.92 Å². The fourth-order valence-electron chi connectivity index (χ4n) is 1.85. The molecule has 1 aromatic heterocycles. The zero-order valence-electron chi connectivity index (χ0n) is 10.5. The highest BCUT2D eigenvalue weighted by atomic mass is 14.9. The Morgan fingerprint density at radius 2 is 2.07 bits per heavy atom. The van der Waals surface area contributed by atoms with Crippen LogP contribution < -0.4 is 5.32 Å². The van der Waals surface area contributed by atoms with E-state index in [0.29, 0.717) is 6.04 Å². The lowest BCUT2D eigenvalue weighted by Gasteiger charge is -2.28. The van der Waals surface area contributed by atoms with Crippen LogP contribution in [0.3, 0.4) is 0 Å². The van der Waals surface area contributed by atoms with Crippen LogP contribution in [0.25, 0.3) is 0 Å². The largest absolute Gasteiger partial charge is 0.317 e. The first-order valence-electron chi connectivity index (χ1n) is 5.56. The second-order valence-electron chi connectivity index (χ2n) is 4.97. The molecule has 0 fully saturated rings. The second-order valence-corrected chi connectivity index (χ2v) is 4.97. The van der Waals surface area contributed by atoms with Crippen LogP contribution in [-0.4, -0.2) is 18.1 Å². The second kappa shape index (κ2) is 4.75. The number of aryl methyl sites for hydroxylation is 1. The molecule has 0 radical (unpaired) electrons. The smallest absolute Gasteiger partial charge is 0.0372 e. The quantitative estimate of drug-likeness (QED) is 0.819. The number of aromatic nitrogens is 1. The lowest BCUT2D eigenvalue weighted by molar-refractivity contribution is 0.404. The van der Waals surface area contributed by atoms with Crippen LogP contribution in [0.1, 0.15) is 38.4 Å². The summed E-state index contributed by atoms with van der Waals surface area (Å²) in [6, 6.07) is 4.80. The maximum Gasteiger partial charge on any atom is 0.0372 e. The zero-order chi connectivity index (χ0) is 11.5. The average Bonchev–Trinajstić information content (AvgIpc) is 2.17. The predicted octanol–water partition coefficient (Wildman–Crippen LogP) is 2.67. The number of nitrogens with zero attached hydrogens (tertiary/aromatic N) is 1. The van der Waals surface area contributed by atoms with Gasteiger partial charge in [-0.15, -0.1) is 0 Å². The van der Waals surface area contributed by atoms with E-state index in [9.17, 15) is 0 Å². The Kier molecular flexibility index (Phi) is 3.86. The number of hydrogen-bond donors (Lipinski definition) is 1. The average molecular weight is 206 g/mol. The summed E-state index contributed by atoms with van der Waals surface area (Å²) >= 11 is 0. The lowest BCUT2D eigenvalue weighted by Crippen LogP contribution is -2.30. The monoisotopic (exact) mass is 206 g/mol. The first-order chi connectivity index (χ1) is 6.95. The highest BCUT2D eigenvalue weighted by Gasteiger charge is 2.22. The molecule has 15 heavy (non-hydrogen) atoms. The number of pyridine rings is 1. The zero-order valence-corrected chi connectivity index (χ0v) is 10.5. The summed E-state index contributed by atoms with van der Waals surface area (Å²) in [5, 5.41) is 3.28. The van der Waals surface area contributed by atoms with Gasteiger partial charge in [0.15, 0.2) is 0 Å². The summed E-state index contributed by atoms with van der Waals surface area (Å²) in [5.41, 5.74) is 2.58. The van der Waals surface area contributed by atoms with E-state index in [1.54, 1.807) is 0 Å². The van der Waals surface area contributed by atoms with E-state index in [1.807, 2.05) is 20.2 Å². The fourth-order valence-corrected chi connectivity index (χ4v) is 1.85. The maximum absolute atomic E-state index is 4.36. The van der Waals surface area contributed by atoms with Crippen molar-refractivity contribution in [1.82, 2.24) is 10.3 Å². The van der Waals surface area contributed by atoms with Crippen LogP contribution in [0.15, 0.2) is 18.3 Å². The van der Waals surface area contributed by atoms with Crippen molar-refractivity contribution in [2.75, 3.05) is 7.05 Å². The number of hydrogen-bond acceptors (Lipinski definition) is 2. The standard InChI is InChI=1S/C13H22N2/c1-10-6-7-12(9-15-10)13(3,4)8-11(2)14-5/h6-7,9,11,14H,8H2,1-5H3. The van der Waals surface area contributed by atoms with E-state index >= 15 is 0 Å². The summed E-state index contributed by atoms with van der Waals surface area (Å²) in [4.78, 5) is 4.36. The first-order valence-corrected chi connectivity index (χ1v) is 5.56. The Balaban J connectivity index is 2.80. The van der Waals surface area contributed by atoms with Crippen LogP contribution in [0.2, 0.25) is 0 Å². The van der Waals surface area contributed by atoms with E-state index < -0.39 is 0 Å².